The highest BCUT2D eigenvalue weighted by Gasteiger charge is 2.12. The highest BCUT2D eigenvalue weighted by Crippen LogP contribution is 2.23. The van der Waals surface area contributed by atoms with Gasteiger partial charge in [-0.3, -0.25) is 0 Å². The van der Waals surface area contributed by atoms with Gasteiger partial charge in [0, 0.05) is 5.75 Å². The van der Waals surface area contributed by atoms with Gasteiger partial charge in [0.05, 0.1) is 0 Å². The molecule has 1 aromatic heterocycles. The molecule has 5 nitrogen and oxygen atoms in total. The third kappa shape index (κ3) is 4.33. The Morgan fingerprint density at radius 2 is 1.76 bits per heavy atom. The summed E-state index contributed by atoms with van der Waals surface area (Å²) in [5.74, 6) is 8.34. The van der Waals surface area contributed by atoms with Gasteiger partial charge in [0.15, 0.2) is 5.82 Å². The van der Waals surface area contributed by atoms with E-state index in [0.717, 1.165) is 11.5 Å². The van der Waals surface area contributed by atoms with Gasteiger partial charge in [0.25, 0.3) is 0 Å². The van der Waals surface area contributed by atoms with Gasteiger partial charge in [-0.1, -0.05) is 42.1 Å². The molecule has 0 saturated carbocycles. The van der Waals surface area contributed by atoms with Crippen LogP contribution in [-0.4, -0.2) is 14.9 Å². The second-order valence-corrected chi connectivity index (χ2v) is 7.04. The summed E-state index contributed by atoms with van der Waals surface area (Å²) in [7, 11) is 0. The summed E-state index contributed by atoms with van der Waals surface area (Å²) >= 11 is 1.57. The fourth-order valence-electron chi connectivity index (χ4n) is 2.58. The largest absolute Gasteiger partial charge is 0.486 e. The summed E-state index contributed by atoms with van der Waals surface area (Å²) < 4.78 is 7.32. The van der Waals surface area contributed by atoms with Gasteiger partial charge in [0.2, 0.25) is 5.16 Å². The first-order valence-electron chi connectivity index (χ1n) is 8.10. The minimum Gasteiger partial charge on any atom is -0.486 e. The Morgan fingerprint density at radius 1 is 1.04 bits per heavy atom. The molecule has 6 heteroatoms. The first kappa shape index (κ1) is 17.4. The second-order valence-electron chi connectivity index (χ2n) is 6.10. The molecule has 130 valence electrons. The highest BCUT2D eigenvalue weighted by molar-refractivity contribution is 7.98. The molecule has 0 aliphatic heterocycles. The molecule has 0 amide bonds. The van der Waals surface area contributed by atoms with Crippen LogP contribution in [0, 0.1) is 20.8 Å². The van der Waals surface area contributed by atoms with E-state index >= 15 is 0 Å². The first-order chi connectivity index (χ1) is 12.0. The lowest BCUT2D eigenvalue weighted by Gasteiger charge is -2.08. The number of benzene rings is 2. The van der Waals surface area contributed by atoms with Crippen molar-refractivity contribution in [3.8, 4) is 5.75 Å². The smallest absolute Gasteiger partial charge is 0.210 e. The molecular formula is C19H22N4OS. The number of ether oxygens (including phenoxy) is 1. The van der Waals surface area contributed by atoms with Gasteiger partial charge in [-0.25, -0.2) is 4.68 Å². The molecular weight excluding hydrogens is 332 g/mol. The molecule has 3 aromatic rings. The van der Waals surface area contributed by atoms with Crippen molar-refractivity contribution in [3.05, 3.63) is 70.5 Å². The lowest BCUT2D eigenvalue weighted by Crippen LogP contribution is -2.15. The lowest BCUT2D eigenvalue weighted by molar-refractivity contribution is 0.291. The van der Waals surface area contributed by atoms with Gasteiger partial charge in [-0.15, -0.1) is 10.2 Å². The summed E-state index contributed by atoms with van der Waals surface area (Å²) in [5.41, 5.74) is 4.86. The number of aromatic nitrogens is 3. The quantitative estimate of drug-likeness (QED) is 0.539. The van der Waals surface area contributed by atoms with Crippen LogP contribution in [0.4, 0.5) is 0 Å². The van der Waals surface area contributed by atoms with Gasteiger partial charge >= 0.3 is 0 Å². The Bertz CT molecular complexity index is 855. The maximum absolute atomic E-state index is 6.12. The molecule has 0 spiro atoms. The van der Waals surface area contributed by atoms with E-state index in [-0.39, 0.29) is 6.61 Å². The maximum Gasteiger partial charge on any atom is 0.210 e. The van der Waals surface area contributed by atoms with Gasteiger partial charge in [0.1, 0.15) is 12.4 Å². The zero-order valence-electron chi connectivity index (χ0n) is 14.7. The van der Waals surface area contributed by atoms with Crippen molar-refractivity contribution >= 4 is 11.8 Å². The van der Waals surface area contributed by atoms with E-state index in [1.807, 2.05) is 38.1 Å². The SMILES string of the molecule is Cc1cc(C)cc(OCc2nnc(SCc3ccccc3C)n2N)c1. The number of thioether (sulfide) groups is 1. The Labute approximate surface area is 152 Å². The molecule has 3 rings (SSSR count). The zero-order chi connectivity index (χ0) is 17.8. The minimum absolute atomic E-state index is 0.289. The maximum atomic E-state index is 6.12. The molecule has 1 heterocycles. The van der Waals surface area contributed by atoms with E-state index in [0.29, 0.717) is 11.0 Å². The predicted octanol–water partition coefficient (Wildman–Crippen LogP) is 3.79. The number of nitrogen functional groups attached to an aromatic ring is 1. The summed E-state index contributed by atoms with van der Waals surface area (Å²) in [6.45, 7) is 6.49. The normalized spacial score (nSPS) is 10.8. The second kappa shape index (κ2) is 7.61. The van der Waals surface area contributed by atoms with Gasteiger partial charge in [-0.05, 0) is 55.2 Å². The first-order valence-corrected chi connectivity index (χ1v) is 9.09. The van der Waals surface area contributed by atoms with Crippen LogP contribution in [0.25, 0.3) is 0 Å². The average Bonchev–Trinajstić information content (AvgIpc) is 2.91. The summed E-state index contributed by atoms with van der Waals surface area (Å²) in [4.78, 5) is 0. The molecule has 2 N–H and O–H groups in total. The molecule has 0 aliphatic rings. The van der Waals surface area contributed by atoms with Crippen LogP contribution in [0.15, 0.2) is 47.6 Å². The minimum atomic E-state index is 0.289. The van der Waals surface area contributed by atoms with Crippen molar-refractivity contribution in [2.45, 2.75) is 38.3 Å². The number of aryl methyl sites for hydroxylation is 3. The number of hydrogen-bond donors (Lipinski definition) is 1. The number of rotatable bonds is 6. The van der Waals surface area contributed by atoms with Gasteiger partial charge < -0.3 is 10.6 Å². The van der Waals surface area contributed by atoms with Crippen LogP contribution in [-0.2, 0) is 12.4 Å². The molecule has 0 atom stereocenters. The molecule has 0 fully saturated rings. The summed E-state index contributed by atoms with van der Waals surface area (Å²) in [5, 5.41) is 9.01. The van der Waals surface area contributed by atoms with E-state index in [1.54, 1.807) is 11.8 Å². The fourth-order valence-corrected chi connectivity index (χ4v) is 3.53. The van der Waals surface area contributed by atoms with Crippen LogP contribution < -0.4 is 10.6 Å². The molecule has 25 heavy (non-hydrogen) atoms. The van der Waals surface area contributed by atoms with Crippen LogP contribution in [0.1, 0.15) is 28.1 Å². The number of nitrogens with two attached hydrogens (primary N) is 1. The summed E-state index contributed by atoms with van der Waals surface area (Å²) in [6.07, 6.45) is 0. The molecule has 0 aliphatic carbocycles. The lowest BCUT2D eigenvalue weighted by atomic mass is 10.1. The van der Waals surface area contributed by atoms with Crippen molar-refractivity contribution < 1.29 is 4.74 Å². The van der Waals surface area contributed by atoms with E-state index in [9.17, 15) is 0 Å². The van der Waals surface area contributed by atoms with Crippen LogP contribution in [0.3, 0.4) is 0 Å². The standard InChI is InChI=1S/C19H22N4OS/c1-13-8-14(2)10-17(9-13)24-11-18-21-22-19(23(18)20)25-12-16-7-5-4-6-15(16)3/h4-10H,11-12,20H2,1-3H3. The van der Waals surface area contributed by atoms with Crippen molar-refractivity contribution in [3.63, 3.8) is 0 Å². The van der Waals surface area contributed by atoms with Crippen LogP contribution >= 0.6 is 11.8 Å². The molecule has 2 aromatic carbocycles. The average molecular weight is 354 g/mol. The van der Waals surface area contributed by atoms with E-state index < -0.39 is 0 Å². The Kier molecular flexibility index (Phi) is 5.28. The Morgan fingerprint density at radius 3 is 2.48 bits per heavy atom. The van der Waals surface area contributed by atoms with E-state index in [4.69, 9.17) is 10.6 Å². The third-order valence-electron chi connectivity index (χ3n) is 3.92. The third-order valence-corrected chi connectivity index (χ3v) is 4.91. The molecule has 0 radical (unpaired) electrons. The van der Waals surface area contributed by atoms with Gasteiger partial charge in [-0.2, -0.15) is 0 Å². The Hall–Kier alpha value is -2.47. The van der Waals surface area contributed by atoms with Crippen molar-refractivity contribution in [2.24, 2.45) is 0 Å². The monoisotopic (exact) mass is 354 g/mol. The fraction of sp³-hybridized carbons (Fsp3) is 0.263. The molecule has 0 bridgehead atoms. The molecule has 0 unspecified atom stereocenters. The highest BCUT2D eigenvalue weighted by atomic mass is 32.2. The van der Waals surface area contributed by atoms with Crippen molar-refractivity contribution in [1.82, 2.24) is 14.9 Å². The van der Waals surface area contributed by atoms with E-state index in [1.165, 1.54) is 26.9 Å². The topological polar surface area (TPSA) is 66.0 Å². The summed E-state index contributed by atoms with van der Waals surface area (Å²) in [6, 6.07) is 14.4. The van der Waals surface area contributed by atoms with Crippen LogP contribution in [0.5, 0.6) is 5.75 Å². The van der Waals surface area contributed by atoms with Crippen LogP contribution in [0.2, 0.25) is 0 Å². The van der Waals surface area contributed by atoms with Crippen molar-refractivity contribution in [1.29, 1.82) is 0 Å². The molecule has 0 saturated heterocycles. The zero-order valence-corrected chi connectivity index (χ0v) is 15.5. The number of nitrogens with zero attached hydrogens (tertiary/aromatic N) is 3. The van der Waals surface area contributed by atoms with Crippen molar-refractivity contribution in [2.75, 3.05) is 5.84 Å². The predicted molar refractivity (Wildman–Crippen MR) is 101 cm³/mol. The van der Waals surface area contributed by atoms with E-state index in [2.05, 4.69) is 35.3 Å². The Balaban J connectivity index is 1.64. The number of hydrogen-bond acceptors (Lipinski definition) is 5.